The highest BCUT2D eigenvalue weighted by Crippen LogP contribution is 2.13. The largest absolute Gasteiger partial charge is 0.356 e. The number of hydrogen-bond acceptors (Lipinski definition) is 3. The predicted octanol–water partition coefficient (Wildman–Crippen LogP) is 2.04. The van der Waals surface area contributed by atoms with Crippen LogP contribution < -0.4 is 10.6 Å². The highest BCUT2D eigenvalue weighted by atomic mass is 32.2. The fourth-order valence-corrected chi connectivity index (χ4v) is 3.02. The van der Waals surface area contributed by atoms with Crippen LogP contribution in [0.4, 0.5) is 0 Å². The van der Waals surface area contributed by atoms with E-state index in [4.69, 9.17) is 0 Å². The number of sulfonamides is 1. The SMILES string of the molecule is CN=C(NCCCC(C)C)NCc1ccc(S(=O)(=O)N(C)C)cc1. The van der Waals surface area contributed by atoms with Gasteiger partial charge in [0.25, 0.3) is 0 Å². The summed E-state index contributed by atoms with van der Waals surface area (Å²) < 4.78 is 25.3. The van der Waals surface area contributed by atoms with E-state index >= 15 is 0 Å². The molecule has 0 amide bonds. The molecular formula is C17H30N4O2S. The Hall–Kier alpha value is -1.60. The number of guanidine groups is 1. The molecule has 1 aromatic carbocycles. The van der Waals surface area contributed by atoms with E-state index < -0.39 is 10.0 Å². The van der Waals surface area contributed by atoms with Gasteiger partial charge in [0, 0.05) is 34.2 Å². The molecule has 6 nitrogen and oxygen atoms in total. The second-order valence-corrected chi connectivity index (χ2v) is 8.47. The topological polar surface area (TPSA) is 73.8 Å². The fraction of sp³-hybridized carbons (Fsp3) is 0.588. The lowest BCUT2D eigenvalue weighted by Gasteiger charge is -2.14. The lowest BCUT2D eigenvalue weighted by molar-refractivity contribution is 0.520. The van der Waals surface area contributed by atoms with Crippen LogP contribution in [-0.2, 0) is 16.6 Å². The van der Waals surface area contributed by atoms with Gasteiger partial charge in [-0.2, -0.15) is 0 Å². The second kappa shape index (κ2) is 9.64. The van der Waals surface area contributed by atoms with Crippen molar-refractivity contribution in [3.05, 3.63) is 29.8 Å². The highest BCUT2D eigenvalue weighted by Gasteiger charge is 2.16. The molecule has 0 radical (unpaired) electrons. The molecule has 0 aromatic heterocycles. The van der Waals surface area contributed by atoms with E-state index in [2.05, 4.69) is 29.5 Å². The Bertz CT molecular complexity index is 622. The summed E-state index contributed by atoms with van der Waals surface area (Å²) in [6, 6.07) is 6.89. The number of benzene rings is 1. The first-order valence-corrected chi connectivity index (χ1v) is 9.67. The lowest BCUT2D eigenvalue weighted by Crippen LogP contribution is -2.37. The van der Waals surface area contributed by atoms with Crippen molar-refractivity contribution < 1.29 is 8.42 Å². The van der Waals surface area contributed by atoms with Crippen LogP contribution in [0, 0.1) is 5.92 Å². The molecule has 0 aliphatic carbocycles. The molecule has 0 bridgehead atoms. The molecule has 0 aliphatic rings. The number of nitrogens with one attached hydrogen (secondary N) is 2. The van der Waals surface area contributed by atoms with Crippen molar-refractivity contribution in [1.82, 2.24) is 14.9 Å². The summed E-state index contributed by atoms with van der Waals surface area (Å²) in [5.74, 6) is 1.46. The van der Waals surface area contributed by atoms with Crippen LogP contribution in [0.1, 0.15) is 32.3 Å². The van der Waals surface area contributed by atoms with Gasteiger partial charge in [-0.25, -0.2) is 12.7 Å². The summed E-state index contributed by atoms with van der Waals surface area (Å²) in [7, 11) is 1.42. The van der Waals surface area contributed by atoms with Crippen molar-refractivity contribution in [3.63, 3.8) is 0 Å². The Labute approximate surface area is 146 Å². The standard InChI is InChI=1S/C17H30N4O2S/c1-14(2)7-6-12-19-17(18-3)20-13-15-8-10-16(11-9-15)24(22,23)21(4)5/h8-11,14H,6-7,12-13H2,1-5H3,(H2,18,19,20). The third-order valence-electron chi connectivity index (χ3n) is 3.64. The molecule has 1 aromatic rings. The first kappa shape index (κ1) is 20.4. The third kappa shape index (κ3) is 6.49. The van der Waals surface area contributed by atoms with Crippen LogP contribution in [0.3, 0.4) is 0 Å². The van der Waals surface area contributed by atoms with Gasteiger partial charge < -0.3 is 10.6 Å². The van der Waals surface area contributed by atoms with Crippen LogP contribution in [0.25, 0.3) is 0 Å². The molecule has 0 fully saturated rings. The minimum atomic E-state index is -3.37. The van der Waals surface area contributed by atoms with E-state index in [1.807, 2.05) is 12.1 Å². The van der Waals surface area contributed by atoms with Crippen molar-refractivity contribution in [3.8, 4) is 0 Å². The number of hydrogen-bond donors (Lipinski definition) is 2. The molecule has 2 N–H and O–H groups in total. The molecule has 0 atom stereocenters. The Morgan fingerprint density at radius 3 is 2.29 bits per heavy atom. The Morgan fingerprint density at radius 1 is 1.17 bits per heavy atom. The molecule has 0 unspecified atom stereocenters. The number of nitrogens with zero attached hydrogens (tertiary/aromatic N) is 2. The van der Waals surface area contributed by atoms with Crippen molar-refractivity contribution >= 4 is 16.0 Å². The van der Waals surface area contributed by atoms with Gasteiger partial charge in [0.15, 0.2) is 5.96 Å². The average molecular weight is 355 g/mol. The molecular weight excluding hydrogens is 324 g/mol. The molecule has 0 saturated heterocycles. The van der Waals surface area contributed by atoms with Crippen molar-refractivity contribution in [2.24, 2.45) is 10.9 Å². The van der Waals surface area contributed by atoms with E-state index in [0.717, 1.165) is 24.5 Å². The van der Waals surface area contributed by atoms with Gasteiger partial charge in [0.2, 0.25) is 10.0 Å². The zero-order chi connectivity index (χ0) is 18.2. The zero-order valence-electron chi connectivity index (χ0n) is 15.3. The summed E-state index contributed by atoms with van der Waals surface area (Å²) in [6.07, 6.45) is 2.29. The van der Waals surface area contributed by atoms with Crippen molar-refractivity contribution in [1.29, 1.82) is 0 Å². The minimum Gasteiger partial charge on any atom is -0.356 e. The van der Waals surface area contributed by atoms with E-state index in [1.165, 1.54) is 24.8 Å². The van der Waals surface area contributed by atoms with Crippen LogP contribution >= 0.6 is 0 Å². The molecule has 0 heterocycles. The summed E-state index contributed by atoms with van der Waals surface area (Å²) in [4.78, 5) is 4.49. The van der Waals surface area contributed by atoms with E-state index in [0.29, 0.717) is 17.4 Å². The van der Waals surface area contributed by atoms with E-state index in [-0.39, 0.29) is 0 Å². The summed E-state index contributed by atoms with van der Waals surface area (Å²) in [6.45, 7) is 5.91. The first-order valence-electron chi connectivity index (χ1n) is 8.23. The number of rotatable bonds is 8. The van der Waals surface area contributed by atoms with E-state index in [9.17, 15) is 8.42 Å². The highest BCUT2D eigenvalue weighted by molar-refractivity contribution is 7.89. The quantitative estimate of drug-likeness (QED) is 0.426. The Balaban J connectivity index is 2.52. The molecule has 24 heavy (non-hydrogen) atoms. The molecule has 1 rings (SSSR count). The molecule has 0 saturated carbocycles. The monoisotopic (exact) mass is 354 g/mol. The van der Waals surface area contributed by atoms with Gasteiger partial charge in [0.1, 0.15) is 0 Å². The third-order valence-corrected chi connectivity index (χ3v) is 5.47. The normalized spacial score (nSPS) is 12.7. The fourth-order valence-electron chi connectivity index (χ4n) is 2.11. The van der Waals surface area contributed by atoms with Gasteiger partial charge in [-0.1, -0.05) is 26.0 Å². The van der Waals surface area contributed by atoms with Crippen LogP contribution in [0.15, 0.2) is 34.2 Å². The summed E-state index contributed by atoms with van der Waals surface area (Å²) in [5.41, 5.74) is 0.998. The van der Waals surface area contributed by atoms with Gasteiger partial charge in [-0.05, 0) is 36.5 Å². The summed E-state index contributed by atoms with van der Waals surface area (Å²) in [5, 5.41) is 6.52. The average Bonchev–Trinajstić information content (AvgIpc) is 2.54. The number of aliphatic imine (C=N–C) groups is 1. The molecule has 0 aliphatic heterocycles. The maximum absolute atomic E-state index is 12.0. The lowest BCUT2D eigenvalue weighted by atomic mass is 10.1. The predicted molar refractivity (Wildman–Crippen MR) is 99.6 cm³/mol. The molecule has 7 heteroatoms. The molecule has 136 valence electrons. The van der Waals surface area contributed by atoms with Gasteiger partial charge in [-0.3, -0.25) is 4.99 Å². The van der Waals surface area contributed by atoms with Crippen LogP contribution in [-0.4, -0.2) is 46.4 Å². The zero-order valence-corrected chi connectivity index (χ0v) is 16.2. The summed E-state index contributed by atoms with van der Waals surface area (Å²) >= 11 is 0. The van der Waals surface area contributed by atoms with Crippen LogP contribution in [0.5, 0.6) is 0 Å². The van der Waals surface area contributed by atoms with Crippen LogP contribution in [0.2, 0.25) is 0 Å². The van der Waals surface area contributed by atoms with Gasteiger partial charge >= 0.3 is 0 Å². The maximum Gasteiger partial charge on any atom is 0.242 e. The second-order valence-electron chi connectivity index (χ2n) is 6.32. The van der Waals surface area contributed by atoms with E-state index in [1.54, 1.807) is 19.2 Å². The van der Waals surface area contributed by atoms with Gasteiger partial charge in [-0.15, -0.1) is 0 Å². The van der Waals surface area contributed by atoms with Crippen molar-refractivity contribution in [2.75, 3.05) is 27.7 Å². The Morgan fingerprint density at radius 2 is 1.79 bits per heavy atom. The maximum atomic E-state index is 12.0. The Kier molecular flexibility index (Phi) is 8.21. The first-order chi connectivity index (χ1) is 11.3. The van der Waals surface area contributed by atoms with Gasteiger partial charge in [0.05, 0.1) is 4.90 Å². The minimum absolute atomic E-state index is 0.299. The smallest absolute Gasteiger partial charge is 0.242 e. The molecule has 0 spiro atoms. The van der Waals surface area contributed by atoms with Crippen molar-refractivity contribution in [2.45, 2.75) is 38.1 Å².